The molecular weight excluding hydrogens is 300 g/mol. The maximum atomic E-state index is 11.9. The zero-order valence-corrected chi connectivity index (χ0v) is 11.9. The fourth-order valence-electron chi connectivity index (χ4n) is 1.56. The van der Waals surface area contributed by atoms with Crippen molar-refractivity contribution < 1.29 is 18.1 Å². The van der Waals surface area contributed by atoms with E-state index in [2.05, 4.69) is 4.72 Å². The normalized spacial score (nSPS) is 11.2. The first-order valence-corrected chi connectivity index (χ1v) is 7.54. The molecule has 0 aromatic heterocycles. The summed E-state index contributed by atoms with van der Waals surface area (Å²) in [5.41, 5.74) is 9.78. The van der Waals surface area contributed by atoms with E-state index < -0.39 is 26.5 Å². The highest BCUT2D eigenvalue weighted by atomic mass is 32.2. The van der Waals surface area contributed by atoms with Crippen LogP contribution in [-0.2, 0) is 14.8 Å². The number of nitrogens with two attached hydrogens (primary N) is 2. The van der Waals surface area contributed by atoms with E-state index in [0.717, 1.165) is 6.07 Å². The van der Waals surface area contributed by atoms with Crippen LogP contribution in [0.3, 0.4) is 0 Å². The lowest BCUT2D eigenvalue weighted by Gasteiger charge is -2.07. The van der Waals surface area contributed by atoms with Gasteiger partial charge in [-0.05, 0) is 25.0 Å². The molecule has 0 bridgehead atoms. The van der Waals surface area contributed by atoms with Gasteiger partial charge >= 0.3 is 0 Å². The molecule has 0 saturated heterocycles. The number of carbonyl (C=O) groups excluding carboxylic acids is 1. The zero-order chi connectivity index (χ0) is 16.0. The van der Waals surface area contributed by atoms with Crippen molar-refractivity contribution in [1.82, 2.24) is 4.72 Å². The number of benzene rings is 1. The number of nitro benzene ring substituents is 1. The number of hydrogen-bond donors (Lipinski definition) is 3. The Morgan fingerprint density at radius 2 is 2.00 bits per heavy atom. The van der Waals surface area contributed by atoms with Crippen LogP contribution in [0.1, 0.15) is 19.3 Å². The minimum Gasteiger partial charge on any atom is -0.393 e. The van der Waals surface area contributed by atoms with Crippen molar-refractivity contribution in [2.75, 3.05) is 12.3 Å². The van der Waals surface area contributed by atoms with Gasteiger partial charge in [0.25, 0.3) is 5.69 Å². The van der Waals surface area contributed by atoms with Gasteiger partial charge < -0.3 is 11.5 Å². The number of hydrogen-bond acceptors (Lipinski definition) is 6. The predicted octanol–water partition coefficient (Wildman–Crippen LogP) is 0.111. The second-order valence-electron chi connectivity index (χ2n) is 4.30. The topological polar surface area (TPSA) is 158 Å². The van der Waals surface area contributed by atoms with Crippen molar-refractivity contribution in [1.29, 1.82) is 0 Å². The Balaban J connectivity index is 2.72. The third-order valence-corrected chi connectivity index (χ3v) is 4.11. The van der Waals surface area contributed by atoms with Crippen LogP contribution in [0, 0.1) is 10.1 Å². The van der Waals surface area contributed by atoms with Crippen LogP contribution >= 0.6 is 0 Å². The molecule has 10 heteroatoms. The van der Waals surface area contributed by atoms with Crippen LogP contribution in [0.4, 0.5) is 11.4 Å². The highest BCUT2D eigenvalue weighted by Crippen LogP contribution is 2.24. The number of nitro groups is 1. The third kappa shape index (κ3) is 5.00. The smallest absolute Gasteiger partial charge is 0.293 e. The summed E-state index contributed by atoms with van der Waals surface area (Å²) in [6.07, 6.45) is 1.06. The van der Waals surface area contributed by atoms with E-state index >= 15 is 0 Å². The van der Waals surface area contributed by atoms with Crippen molar-refractivity contribution in [3.63, 3.8) is 0 Å². The Hall–Kier alpha value is -2.20. The lowest BCUT2D eigenvalue weighted by Crippen LogP contribution is -2.25. The largest absolute Gasteiger partial charge is 0.393 e. The Labute approximate surface area is 121 Å². The second-order valence-corrected chi connectivity index (χ2v) is 6.07. The van der Waals surface area contributed by atoms with Crippen LogP contribution in [0.5, 0.6) is 0 Å². The van der Waals surface area contributed by atoms with E-state index in [1.54, 1.807) is 0 Å². The van der Waals surface area contributed by atoms with Crippen LogP contribution < -0.4 is 16.2 Å². The van der Waals surface area contributed by atoms with Gasteiger partial charge in [-0.25, -0.2) is 13.1 Å². The lowest BCUT2D eigenvalue weighted by molar-refractivity contribution is -0.384. The van der Waals surface area contributed by atoms with E-state index in [1.807, 2.05) is 0 Å². The molecule has 1 aromatic rings. The standard InChI is InChI=1S/C11H16N4O5S/c12-9-5-4-8(7-10(9)15(17)18)21(19,20)14-6-2-1-3-11(13)16/h4-5,7,14H,1-3,6,12H2,(H2,13,16). The summed E-state index contributed by atoms with van der Waals surface area (Å²) >= 11 is 0. The van der Waals surface area contributed by atoms with Gasteiger partial charge in [0.2, 0.25) is 15.9 Å². The zero-order valence-electron chi connectivity index (χ0n) is 11.1. The number of sulfonamides is 1. The minimum absolute atomic E-state index is 0.105. The van der Waals surface area contributed by atoms with Gasteiger partial charge in [-0.1, -0.05) is 0 Å². The molecule has 0 aliphatic heterocycles. The molecule has 0 spiro atoms. The molecule has 0 unspecified atom stereocenters. The molecule has 0 aliphatic carbocycles. The van der Waals surface area contributed by atoms with E-state index in [-0.39, 0.29) is 23.5 Å². The second kappa shape index (κ2) is 6.99. The molecule has 0 radical (unpaired) electrons. The Kier molecular flexibility index (Phi) is 5.61. The van der Waals surface area contributed by atoms with Gasteiger partial charge in [0, 0.05) is 19.0 Å². The van der Waals surface area contributed by atoms with Gasteiger partial charge in [-0.15, -0.1) is 0 Å². The fourth-order valence-corrected chi connectivity index (χ4v) is 2.66. The molecule has 1 amide bonds. The molecule has 1 rings (SSSR count). The summed E-state index contributed by atoms with van der Waals surface area (Å²) in [6, 6.07) is 3.26. The summed E-state index contributed by atoms with van der Waals surface area (Å²) in [6.45, 7) is 0.105. The molecule has 9 nitrogen and oxygen atoms in total. The Morgan fingerprint density at radius 1 is 1.33 bits per heavy atom. The molecule has 5 N–H and O–H groups in total. The molecule has 0 aliphatic rings. The predicted molar refractivity (Wildman–Crippen MR) is 75.7 cm³/mol. The first kappa shape index (κ1) is 16.9. The van der Waals surface area contributed by atoms with Crippen molar-refractivity contribution in [3.05, 3.63) is 28.3 Å². The number of amides is 1. The quantitative estimate of drug-likeness (QED) is 0.267. The maximum absolute atomic E-state index is 11.9. The SMILES string of the molecule is NC(=O)CCCCNS(=O)(=O)c1ccc(N)c([N+](=O)[O-])c1. The monoisotopic (exact) mass is 316 g/mol. The Bertz CT molecular complexity index is 644. The maximum Gasteiger partial charge on any atom is 0.293 e. The van der Waals surface area contributed by atoms with Gasteiger partial charge in [0.15, 0.2) is 0 Å². The summed E-state index contributed by atoms with van der Waals surface area (Å²) in [5.74, 6) is -0.452. The number of primary amides is 1. The molecule has 0 saturated carbocycles. The molecule has 116 valence electrons. The number of rotatable bonds is 8. The Morgan fingerprint density at radius 3 is 2.57 bits per heavy atom. The summed E-state index contributed by atoms with van der Waals surface area (Å²) in [7, 11) is -3.86. The summed E-state index contributed by atoms with van der Waals surface area (Å²) in [5, 5.41) is 10.7. The fraction of sp³-hybridized carbons (Fsp3) is 0.364. The first-order chi connectivity index (χ1) is 9.74. The molecule has 0 heterocycles. The molecular formula is C11H16N4O5S. The van der Waals surface area contributed by atoms with Crippen molar-refractivity contribution in [2.24, 2.45) is 5.73 Å². The van der Waals surface area contributed by atoms with Gasteiger partial charge in [0.1, 0.15) is 5.69 Å². The van der Waals surface area contributed by atoms with Crippen molar-refractivity contribution >= 4 is 27.3 Å². The number of nitrogen functional groups attached to an aromatic ring is 1. The molecule has 1 aromatic carbocycles. The van der Waals surface area contributed by atoms with E-state index in [9.17, 15) is 23.3 Å². The first-order valence-electron chi connectivity index (χ1n) is 6.06. The number of anilines is 1. The van der Waals surface area contributed by atoms with E-state index in [4.69, 9.17) is 11.5 Å². The highest BCUT2D eigenvalue weighted by molar-refractivity contribution is 7.89. The van der Waals surface area contributed by atoms with Gasteiger partial charge in [-0.2, -0.15) is 0 Å². The van der Waals surface area contributed by atoms with Gasteiger partial charge in [-0.3, -0.25) is 14.9 Å². The van der Waals surface area contributed by atoms with Crippen molar-refractivity contribution in [3.8, 4) is 0 Å². The van der Waals surface area contributed by atoms with E-state index in [1.165, 1.54) is 12.1 Å². The average molecular weight is 316 g/mol. The molecule has 21 heavy (non-hydrogen) atoms. The molecule has 0 fully saturated rings. The molecule has 0 atom stereocenters. The van der Waals surface area contributed by atoms with E-state index in [0.29, 0.717) is 12.8 Å². The summed E-state index contributed by atoms with van der Waals surface area (Å²) in [4.78, 5) is 20.3. The van der Waals surface area contributed by atoms with Crippen LogP contribution in [0.15, 0.2) is 23.1 Å². The minimum atomic E-state index is -3.86. The number of nitrogens with zero attached hydrogens (tertiary/aromatic N) is 1. The number of nitrogens with one attached hydrogen (secondary N) is 1. The van der Waals surface area contributed by atoms with Crippen LogP contribution in [0.25, 0.3) is 0 Å². The lowest BCUT2D eigenvalue weighted by atomic mass is 10.2. The van der Waals surface area contributed by atoms with Crippen molar-refractivity contribution in [2.45, 2.75) is 24.2 Å². The number of carbonyl (C=O) groups is 1. The van der Waals surface area contributed by atoms with Crippen LogP contribution in [0.2, 0.25) is 0 Å². The summed E-state index contributed by atoms with van der Waals surface area (Å²) < 4.78 is 26.2. The number of unbranched alkanes of at least 4 members (excludes halogenated alkanes) is 1. The average Bonchev–Trinajstić information content (AvgIpc) is 2.37. The highest BCUT2D eigenvalue weighted by Gasteiger charge is 2.19. The van der Waals surface area contributed by atoms with Gasteiger partial charge in [0.05, 0.1) is 9.82 Å². The van der Waals surface area contributed by atoms with Crippen LogP contribution in [-0.4, -0.2) is 25.8 Å². The third-order valence-electron chi connectivity index (χ3n) is 2.65.